The summed E-state index contributed by atoms with van der Waals surface area (Å²) in [5.74, 6) is 0.835. The van der Waals surface area contributed by atoms with E-state index in [0.29, 0.717) is 25.1 Å². The third-order valence-corrected chi connectivity index (χ3v) is 7.31. The molecule has 162 valence electrons. The predicted octanol–water partition coefficient (Wildman–Crippen LogP) is 2.98. The molecule has 1 heterocycles. The van der Waals surface area contributed by atoms with Crippen LogP contribution in [0, 0.1) is 5.92 Å². The van der Waals surface area contributed by atoms with Crippen molar-refractivity contribution in [2.75, 3.05) is 27.3 Å². The highest BCUT2D eigenvalue weighted by atomic mass is 32.2. The van der Waals surface area contributed by atoms with E-state index in [2.05, 4.69) is 5.32 Å². The third kappa shape index (κ3) is 4.94. The molecule has 1 amide bonds. The van der Waals surface area contributed by atoms with Gasteiger partial charge in [0.1, 0.15) is 11.5 Å². The minimum absolute atomic E-state index is 0.132. The molecule has 8 heteroatoms. The Morgan fingerprint density at radius 3 is 2.17 bits per heavy atom. The summed E-state index contributed by atoms with van der Waals surface area (Å²) in [6.07, 6.45) is 1.31. The molecule has 2 atom stereocenters. The molecular formula is C22H28N2O5S. The van der Waals surface area contributed by atoms with E-state index in [1.54, 1.807) is 19.2 Å². The zero-order chi connectivity index (χ0) is 21.7. The molecule has 1 fully saturated rings. The summed E-state index contributed by atoms with van der Waals surface area (Å²) >= 11 is 0. The molecule has 0 radical (unpaired) electrons. The number of hydrogen-bond donors (Lipinski definition) is 1. The van der Waals surface area contributed by atoms with E-state index in [1.165, 1.54) is 23.5 Å². The van der Waals surface area contributed by atoms with Crippen LogP contribution in [0.3, 0.4) is 0 Å². The van der Waals surface area contributed by atoms with Gasteiger partial charge in [0.2, 0.25) is 15.9 Å². The lowest BCUT2D eigenvalue weighted by Crippen LogP contribution is -2.45. The van der Waals surface area contributed by atoms with Gasteiger partial charge < -0.3 is 14.8 Å². The Bertz CT molecular complexity index is 958. The Kier molecular flexibility index (Phi) is 6.99. The first kappa shape index (κ1) is 22.1. The van der Waals surface area contributed by atoms with Gasteiger partial charge in [-0.3, -0.25) is 4.79 Å². The number of methoxy groups -OCH3 is 2. The van der Waals surface area contributed by atoms with Gasteiger partial charge in [-0.2, -0.15) is 4.31 Å². The molecule has 0 aromatic heterocycles. The topological polar surface area (TPSA) is 84.9 Å². The fourth-order valence-corrected chi connectivity index (χ4v) is 5.10. The minimum Gasteiger partial charge on any atom is -0.497 e. The molecule has 0 saturated carbocycles. The first-order valence-corrected chi connectivity index (χ1v) is 11.4. The van der Waals surface area contributed by atoms with E-state index < -0.39 is 10.0 Å². The van der Waals surface area contributed by atoms with Crippen molar-refractivity contribution >= 4 is 15.9 Å². The molecule has 2 unspecified atom stereocenters. The smallest absolute Gasteiger partial charge is 0.243 e. The number of carbonyl (C=O) groups excluding carboxylic acids is 1. The second-order valence-electron chi connectivity index (χ2n) is 7.38. The van der Waals surface area contributed by atoms with Crippen molar-refractivity contribution in [1.29, 1.82) is 0 Å². The molecule has 2 aromatic carbocycles. The number of piperidine rings is 1. The Morgan fingerprint density at radius 1 is 1.03 bits per heavy atom. The first-order chi connectivity index (χ1) is 14.3. The van der Waals surface area contributed by atoms with Crippen molar-refractivity contribution in [1.82, 2.24) is 9.62 Å². The molecule has 0 aliphatic carbocycles. The molecule has 0 bridgehead atoms. The van der Waals surface area contributed by atoms with Gasteiger partial charge >= 0.3 is 0 Å². The summed E-state index contributed by atoms with van der Waals surface area (Å²) in [5, 5.41) is 3.01. The van der Waals surface area contributed by atoms with E-state index >= 15 is 0 Å². The van der Waals surface area contributed by atoms with Crippen LogP contribution in [0.5, 0.6) is 11.5 Å². The SMILES string of the molecule is COc1ccc(C(C)NC(=O)C2CCCN(S(=O)(=O)c3ccc(OC)cc3)C2)cc1. The van der Waals surface area contributed by atoms with E-state index in [-0.39, 0.29) is 29.3 Å². The molecule has 2 aromatic rings. The second kappa shape index (κ2) is 9.49. The average molecular weight is 433 g/mol. The molecule has 30 heavy (non-hydrogen) atoms. The monoisotopic (exact) mass is 432 g/mol. The fourth-order valence-electron chi connectivity index (χ4n) is 3.58. The van der Waals surface area contributed by atoms with Gasteiger partial charge in [-0.15, -0.1) is 0 Å². The van der Waals surface area contributed by atoms with Crippen LogP contribution in [-0.2, 0) is 14.8 Å². The number of rotatable bonds is 7. The molecular weight excluding hydrogens is 404 g/mol. The van der Waals surface area contributed by atoms with E-state index in [0.717, 1.165) is 11.3 Å². The first-order valence-electron chi connectivity index (χ1n) is 9.93. The van der Waals surface area contributed by atoms with Crippen molar-refractivity contribution in [3.05, 3.63) is 54.1 Å². The van der Waals surface area contributed by atoms with Gasteiger partial charge in [0.25, 0.3) is 0 Å². The Morgan fingerprint density at radius 2 is 1.60 bits per heavy atom. The molecule has 1 N–H and O–H groups in total. The zero-order valence-corrected chi connectivity index (χ0v) is 18.3. The van der Waals surface area contributed by atoms with Gasteiger partial charge in [0.15, 0.2) is 0 Å². The van der Waals surface area contributed by atoms with Crippen LogP contribution in [-0.4, -0.2) is 45.9 Å². The fraction of sp³-hybridized carbons (Fsp3) is 0.409. The molecule has 0 spiro atoms. The number of ether oxygens (including phenoxy) is 2. The highest BCUT2D eigenvalue weighted by molar-refractivity contribution is 7.89. The molecule has 1 saturated heterocycles. The zero-order valence-electron chi connectivity index (χ0n) is 17.5. The van der Waals surface area contributed by atoms with Gasteiger partial charge in [0, 0.05) is 13.1 Å². The highest BCUT2D eigenvalue weighted by Crippen LogP contribution is 2.26. The van der Waals surface area contributed by atoms with Gasteiger partial charge in [-0.1, -0.05) is 12.1 Å². The maximum absolute atomic E-state index is 13.0. The third-order valence-electron chi connectivity index (χ3n) is 5.43. The van der Waals surface area contributed by atoms with Crippen LogP contribution in [0.15, 0.2) is 53.4 Å². The second-order valence-corrected chi connectivity index (χ2v) is 9.32. The van der Waals surface area contributed by atoms with Crippen molar-refractivity contribution < 1.29 is 22.7 Å². The van der Waals surface area contributed by atoms with Gasteiger partial charge in [-0.05, 0) is 61.7 Å². The van der Waals surface area contributed by atoms with Crippen molar-refractivity contribution in [2.45, 2.75) is 30.7 Å². The lowest BCUT2D eigenvalue weighted by atomic mass is 9.98. The predicted molar refractivity (Wildman–Crippen MR) is 114 cm³/mol. The lowest BCUT2D eigenvalue weighted by Gasteiger charge is -2.32. The quantitative estimate of drug-likeness (QED) is 0.727. The minimum atomic E-state index is -3.66. The molecule has 7 nitrogen and oxygen atoms in total. The maximum atomic E-state index is 13.0. The number of nitrogens with zero attached hydrogens (tertiary/aromatic N) is 1. The van der Waals surface area contributed by atoms with Crippen LogP contribution in [0.25, 0.3) is 0 Å². The number of hydrogen-bond acceptors (Lipinski definition) is 5. The number of nitrogens with one attached hydrogen (secondary N) is 1. The largest absolute Gasteiger partial charge is 0.497 e. The summed E-state index contributed by atoms with van der Waals surface area (Å²) in [5.41, 5.74) is 0.961. The van der Waals surface area contributed by atoms with Crippen LogP contribution < -0.4 is 14.8 Å². The summed E-state index contributed by atoms with van der Waals surface area (Å²) in [7, 11) is -0.520. The molecule has 3 rings (SSSR count). The number of benzene rings is 2. The van der Waals surface area contributed by atoms with Gasteiger partial charge in [0.05, 0.1) is 31.1 Å². The van der Waals surface area contributed by atoms with Crippen LogP contribution >= 0.6 is 0 Å². The number of amides is 1. The van der Waals surface area contributed by atoms with Gasteiger partial charge in [-0.25, -0.2) is 8.42 Å². The van der Waals surface area contributed by atoms with E-state index in [9.17, 15) is 13.2 Å². The van der Waals surface area contributed by atoms with Crippen LogP contribution in [0.1, 0.15) is 31.4 Å². The van der Waals surface area contributed by atoms with E-state index in [4.69, 9.17) is 9.47 Å². The summed E-state index contributed by atoms with van der Waals surface area (Å²) in [4.78, 5) is 13.0. The Labute approximate surface area is 178 Å². The summed E-state index contributed by atoms with van der Waals surface area (Å²) in [6.45, 7) is 2.50. The Balaban J connectivity index is 1.66. The summed E-state index contributed by atoms with van der Waals surface area (Å²) in [6, 6.07) is 13.6. The van der Waals surface area contributed by atoms with Crippen molar-refractivity contribution in [2.24, 2.45) is 5.92 Å². The van der Waals surface area contributed by atoms with E-state index in [1.807, 2.05) is 31.2 Å². The van der Waals surface area contributed by atoms with Crippen LogP contribution in [0.2, 0.25) is 0 Å². The standard InChI is InChI=1S/C22H28N2O5S/c1-16(17-6-8-19(28-2)9-7-17)23-22(25)18-5-4-14-24(15-18)30(26,27)21-12-10-20(29-3)11-13-21/h6-13,16,18H,4-5,14-15H2,1-3H3,(H,23,25). The van der Waals surface area contributed by atoms with Crippen molar-refractivity contribution in [3.63, 3.8) is 0 Å². The normalized spacial score (nSPS) is 18.4. The van der Waals surface area contributed by atoms with Crippen molar-refractivity contribution in [3.8, 4) is 11.5 Å². The highest BCUT2D eigenvalue weighted by Gasteiger charge is 2.33. The maximum Gasteiger partial charge on any atom is 0.243 e. The molecule has 1 aliphatic heterocycles. The number of carbonyl (C=O) groups is 1. The lowest BCUT2D eigenvalue weighted by molar-refractivity contribution is -0.126. The Hall–Kier alpha value is -2.58. The summed E-state index contributed by atoms with van der Waals surface area (Å²) < 4.78 is 37.7. The molecule has 1 aliphatic rings. The number of sulfonamides is 1. The average Bonchev–Trinajstić information content (AvgIpc) is 2.79. The van der Waals surface area contributed by atoms with Crippen LogP contribution in [0.4, 0.5) is 0 Å².